The van der Waals surface area contributed by atoms with Crippen molar-refractivity contribution >= 4 is 64.6 Å². The van der Waals surface area contributed by atoms with Crippen LogP contribution >= 0.6 is 46.6 Å². The average Bonchev–Trinajstić information content (AvgIpc) is 2.52. The molecule has 6 nitrogen and oxygen atoms in total. The molecule has 0 aliphatic heterocycles. The third-order valence-electron chi connectivity index (χ3n) is 2.42. The lowest BCUT2D eigenvalue weighted by molar-refractivity contribution is 0.167. The molecule has 23 heavy (non-hydrogen) atoms. The number of nitrogens with one attached hydrogen (secondary N) is 1. The quantitative estimate of drug-likeness (QED) is 0.203. The number of carbonyl (C=O) groups is 1. The van der Waals surface area contributed by atoms with E-state index in [1.165, 1.54) is 11.8 Å². The highest BCUT2D eigenvalue weighted by Gasteiger charge is 2.10. The fourth-order valence-corrected chi connectivity index (χ4v) is 2.47. The predicted octanol–water partition coefficient (Wildman–Crippen LogP) is 4.74. The molecule has 1 aromatic heterocycles. The van der Waals surface area contributed by atoms with E-state index in [0.29, 0.717) is 15.9 Å². The van der Waals surface area contributed by atoms with Gasteiger partial charge in [0.15, 0.2) is 5.16 Å². The van der Waals surface area contributed by atoms with Crippen molar-refractivity contribution in [2.45, 2.75) is 5.16 Å². The Hall–Kier alpha value is -1.54. The molecule has 1 N–H and O–H groups in total. The van der Waals surface area contributed by atoms with Crippen LogP contribution in [0.15, 0.2) is 34.6 Å². The first-order valence-electron chi connectivity index (χ1n) is 6.03. The third kappa shape index (κ3) is 5.24. The first-order valence-corrected chi connectivity index (χ1v) is 8.39. The van der Waals surface area contributed by atoms with Gasteiger partial charge in [0.1, 0.15) is 10.3 Å². The number of aromatic nitrogens is 2. The Labute approximate surface area is 151 Å². The van der Waals surface area contributed by atoms with E-state index in [0.717, 1.165) is 6.21 Å². The highest BCUT2D eigenvalue weighted by atomic mass is 35.5. The molecule has 10 heteroatoms. The van der Waals surface area contributed by atoms with Gasteiger partial charge in [-0.15, -0.1) is 0 Å². The van der Waals surface area contributed by atoms with Gasteiger partial charge in [0.25, 0.3) is 0 Å². The molecular formula is C13H9Cl3N4O2S. The minimum absolute atomic E-state index is 0.111. The Bertz CT molecular complexity index is 717. The van der Waals surface area contributed by atoms with E-state index in [1.807, 2.05) is 0 Å². The van der Waals surface area contributed by atoms with Gasteiger partial charge in [-0.2, -0.15) is 0 Å². The second-order valence-corrected chi connectivity index (χ2v) is 5.88. The maximum atomic E-state index is 11.6. The zero-order chi connectivity index (χ0) is 16.8. The smallest absolute Gasteiger partial charge is 0.298 e. The van der Waals surface area contributed by atoms with Crippen molar-refractivity contribution in [1.29, 1.82) is 0 Å². The third-order valence-corrected chi connectivity index (χ3v) is 3.80. The van der Waals surface area contributed by atoms with Crippen LogP contribution in [-0.4, -0.2) is 28.5 Å². The first-order chi connectivity index (χ1) is 11.0. The van der Waals surface area contributed by atoms with E-state index in [9.17, 15) is 4.79 Å². The Balaban J connectivity index is 1.98. The maximum absolute atomic E-state index is 11.6. The van der Waals surface area contributed by atoms with Crippen molar-refractivity contribution in [1.82, 2.24) is 9.97 Å². The first kappa shape index (κ1) is 17.8. The van der Waals surface area contributed by atoms with Gasteiger partial charge in [-0.05, 0) is 30.5 Å². The molecule has 0 aliphatic rings. The van der Waals surface area contributed by atoms with Crippen molar-refractivity contribution in [3.05, 3.63) is 45.2 Å². The molecule has 1 amide bonds. The number of rotatable bonds is 4. The minimum atomic E-state index is -0.780. The van der Waals surface area contributed by atoms with Crippen molar-refractivity contribution < 1.29 is 9.63 Å². The van der Waals surface area contributed by atoms with Crippen molar-refractivity contribution in [3.8, 4) is 0 Å². The molecule has 0 radical (unpaired) electrons. The van der Waals surface area contributed by atoms with Crippen molar-refractivity contribution in [3.63, 3.8) is 0 Å². The number of halogens is 3. The summed E-state index contributed by atoms with van der Waals surface area (Å²) in [4.78, 5) is 24.2. The predicted molar refractivity (Wildman–Crippen MR) is 93.0 cm³/mol. The van der Waals surface area contributed by atoms with Crippen LogP contribution in [0.25, 0.3) is 0 Å². The summed E-state index contributed by atoms with van der Waals surface area (Å²) < 4.78 is 0. The molecular weight excluding hydrogens is 383 g/mol. The number of hydrogen-bond donors (Lipinski definition) is 1. The molecule has 0 saturated heterocycles. The van der Waals surface area contributed by atoms with Gasteiger partial charge in [0, 0.05) is 10.7 Å². The molecule has 0 bridgehead atoms. The summed E-state index contributed by atoms with van der Waals surface area (Å²) in [5, 5.41) is 7.19. The fraction of sp³-hybridized carbons (Fsp3) is 0.0769. The van der Waals surface area contributed by atoms with Gasteiger partial charge in [-0.25, -0.2) is 14.8 Å². The van der Waals surface area contributed by atoms with E-state index < -0.39 is 6.09 Å². The second-order valence-electron chi connectivity index (χ2n) is 3.95. The van der Waals surface area contributed by atoms with Crippen molar-refractivity contribution in [2.24, 2.45) is 5.16 Å². The molecule has 120 valence electrons. The summed E-state index contributed by atoms with van der Waals surface area (Å²) in [6, 6.07) is 6.50. The van der Waals surface area contributed by atoms with Gasteiger partial charge in [0.05, 0.1) is 11.8 Å². The van der Waals surface area contributed by atoms with Crippen LogP contribution < -0.4 is 5.32 Å². The van der Waals surface area contributed by atoms with E-state index in [2.05, 4.69) is 25.3 Å². The number of thioether (sulfide) groups is 1. The normalized spacial score (nSPS) is 10.8. The molecule has 0 fully saturated rings. The van der Waals surface area contributed by atoms with Crippen LogP contribution in [0.4, 0.5) is 10.5 Å². The van der Waals surface area contributed by atoms with Crippen LogP contribution in [0.1, 0.15) is 5.56 Å². The van der Waals surface area contributed by atoms with E-state index in [4.69, 9.17) is 34.8 Å². The lowest BCUT2D eigenvalue weighted by Gasteiger charge is -2.03. The Kier molecular flexibility index (Phi) is 6.47. The zero-order valence-electron chi connectivity index (χ0n) is 11.6. The van der Waals surface area contributed by atoms with Crippen LogP contribution in [0.5, 0.6) is 0 Å². The molecule has 2 aromatic rings. The standard InChI is InChI=1S/C13H9Cl3N4O2S/c1-23-12-19-10(15)9(11(16)20-12)6-17-22-13(21)18-8-4-2-7(14)3-5-8/h2-6H,1H3,(H,18,21)/b17-6-. The van der Waals surface area contributed by atoms with Crippen LogP contribution in [0.3, 0.4) is 0 Å². The monoisotopic (exact) mass is 390 g/mol. The van der Waals surface area contributed by atoms with Gasteiger partial charge in [-0.3, -0.25) is 10.2 Å². The largest absolute Gasteiger partial charge is 0.437 e. The molecule has 1 heterocycles. The van der Waals surface area contributed by atoms with Gasteiger partial charge in [-0.1, -0.05) is 51.7 Å². The molecule has 0 atom stereocenters. The van der Waals surface area contributed by atoms with Crippen molar-refractivity contribution in [2.75, 3.05) is 11.6 Å². The molecule has 0 aliphatic carbocycles. The summed E-state index contributed by atoms with van der Waals surface area (Å²) in [7, 11) is 0. The Morgan fingerprint density at radius 2 is 1.83 bits per heavy atom. The number of amides is 1. The summed E-state index contributed by atoms with van der Waals surface area (Å²) in [6.45, 7) is 0. The summed E-state index contributed by atoms with van der Waals surface area (Å²) in [5.41, 5.74) is 0.767. The van der Waals surface area contributed by atoms with Crippen LogP contribution in [0.2, 0.25) is 15.3 Å². The maximum Gasteiger partial charge on any atom is 0.437 e. The highest BCUT2D eigenvalue weighted by Crippen LogP contribution is 2.22. The van der Waals surface area contributed by atoms with Gasteiger partial charge < -0.3 is 0 Å². The number of oxime groups is 1. The molecule has 2 rings (SSSR count). The second kappa shape index (κ2) is 8.35. The van der Waals surface area contributed by atoms with E-state index in [-0.39, 0.29) is 15.9 Å². The van der Waals surface area contributed by atoms with Gasteiger partial charge >= 0.3 is 6.09 Å². The Morgan fingerprint density at radius 3 is 2.39 bits per heavy atom. The van der Waals surface area contributed by atoms with E-state index in [1.54, 1.807) is 30.5 Å². The topological polar surface area (TPSA) is 76.5 Å². The summed E-state index contributed by atoms with van der Waals surface area (Å²) >= 11 is 19.0. The van der Waals surface area contributed by atoms with Crippen LogP contribution in [-0.2, 0) is 4.84 Å². The van der Waals surface area contributed by atoms with Crippen LogP contribution in [0, 0.1) is 0 Å². The van der Waals surface area contributed by atoms with E-state index >= 15 is 0 Å². The Morgan fingerprint density at radius 1 is 1.22 bits per heavy atom. The fourth-order valence-electron chi connectivity index (χ4n) is 1.40. The lowest BCUT2D eigenvalue weighted by Crippen LogP contribution is -2.10. The number of nitrogens with zero attached hydrogens (tertiary/aromatic N) is 3. The number of hydrogen-bond acceptors (Lipinski definition) is 6. The minimum Gasteiger partial charge on any atom is -0.298 e. The average molecular weight is 392 g/mol. The zero-order valence-corrected chi connectivity index (χ0v) is 14.7. The SMILES string of the molecule is CSc1nc(Cl)c(/C=N\OC(=O)Nc2ccc(Cl)cc2)c(Cl)n1. The highest BCUT2D eigenvalue weighted by molar-refractivity contribution is 7.98. The van der Waals surface area contributed by atoms with Gasteiger partial charge in [0.2, 0.25) is 0 Å². The number of anilines is 1. The molecule has 0 spiro atoms. The molecule has 0 unspecified atom stereocenters. The number of carbonyl (C=O) groups excluding carboxylic acids is 1. The summed E-state index contributed by atoms with van der Waals surface area (Å²) in [5.74, 6) is 0. The lowest BCUT2D eigenvalue weighted by atomic mass is 10.3. The summed E-state index contributed by atoms with van der Waals surface area (Å²) in [6.07, 6.45) is 2.17. The number of benzene rings is 1. The molecule has 0 saturated carbocycles. The molecule has 1 aromatic carbocycles.